The van der Waals surface area contributed by atoms with Crippen molar-refractivity contribution in [3.05, 3.63) is 60.7 Å². The molecule has 0 aromatic heterocycles. The van der Waals surface area contributed by atoms with Crippen LogP contribution in [0.1, 0.15) is 84.5 Å². The van der Waals surface area contributed by atoms with Gasteiger partial charge < -0.3 is 0 Å². The maximum Gasteiger partial charge on any atom is 0.135 e. The van der Waals surface area contributed by atoms with Gasteiger partial charge in [0.2, 0.25) is 0 Å². The quantitative estimate of drug-likeness (QED) is 0.109. The maximum absolute atomic E-state index is 4.93. The molecule has 0 heterocycles. The second-order valence-electron chi connectivity index (χ2n) is 7.97. The Bertz CT molecular complexity index is 845. The van der Waals surface area contributed by atoms with Crippen LogP contribution in [0.4, 0.5) is 11.4 Å². The molecule has 0 spiro atoms. The summed E-state index contributed by atoms with van der Waals surface area (Å²) >= 11 is 0. The van der Waals surface area contributed by atoms with Crippen molar-refractivity contribution >= 4 is 22.8 Å². The van der Waals surface area contributed by atoms with Crippen LogP contribution in [0.15, 0.2) is 70.6 Å². The van der Waals surface area contributed by atoms with E-state index >= 15 is 0 Å². The standard InChI is InChI=1S/C29H38N2.Pd/c1-3-5-7-8-9-10-11-12-19-25-29(31-27-22-17-14-18-23-27)28(24-6-4-2)30-26-20-15-13-16-21-26;/h13-18,20-23H,3-12,24H2,1-2H3;. The monoisotopic (exact) mass is 520 g/mol. The minimum Gasteiger partial charge on any atom is -0.251 e. The van der Waals surface area contributed by atoms with Gasteiger partial charge in [-0.15, -0.1) is 0 Å². The fourth-order valence-corrected chi connectivity index (χ4v) is 3.34. The van der Waals surface area contributed by atoms with Crippen LogP contribution in [0.3, 0.4) is 0 Å². The van der Waals surface area contributed by atoms with E-state index in [1.165, 1.54) is 38.5 Å². The van der Waals surface area contributed by atoms with Crippen molar-refractivity contribution in [2.45, 2.75) is 84.5 Å². The van der Waals surface area contributed by atoms with Crippen LogP contribution in [0, 0.1) is 11.8 Å². The molecule has 0 fully saturated rings. The Kier molecular flexibility index (Phi) is 16.3. The van der Waals surface area contributed by atoms with Gasteiger partial charge in [0, 0.05) is 26.8 Å². The first-order valence-electron chi connectivity index (χ1n) is 12.1. The van der Waals surface area contributed by atoms with Gasteiger partial charge in [0.25, 0.3) is 0 Å². The van der Waals surface area contributed by atoms with Gasteiger partial charge in [-0.05, 0) is 49.4 Å². The molecule has 0 saturated heterocycles. The minimum atomic E-state index is 0. The molecular formula is C29H38N2Pd. The predicted octanol–water partition coefficient (Wildman–Crippen LogP) is 8.86. The van der Waals surface area contributed by atoms with Gasteiger partial charge in [-0.1, -0.05) is 101 Å². The third kappa shape index (κ3) is 12.1. The second-order valence-corrected chi connectivity index (χ2v) is 7.97. The largest absolute Gasteiger partial charge is 0.251 e. The molecule has 0 radical (unpaired) electrons. The Morgan fingerprint density at radius 2 is 1.19 bits per heavy atom. The van der Waals surface area contributed by atoms with Crippen LogP contribution in [0.2, 0.25) is 0 Å². The van der Waals surface area contributed by atoms with Crippen molar-refractivity contribution < 1.29 is 20.4 Å². The molecule has 2 nitrogen and oxygen atoms in total. The number of hydrogen-bond acceptors (Lipinski definition) is 2. The van der Waals surface area contributed by atoms with Gasteiger partial charge in [0.15, 0.2) is 0 Å². The molecule has 2 aromatic rings. The molecule has 0 amide bonds. The van der Waals surface area contributed by atoms with Gasteiger partial charge in [0.05, 0.1) is 17.1 Å². The normalized spacial score (nSPS) is 11.4. The van der Waals surface area contributed by atoms with E-state index in [9.17, 15) is 0 Å². The smallest absolute Gasteiger partial charge is 0.135 e. The maximum atomic E-state index is 4.93. The van der Waals surface area contributed by atoms with E-state index in [0.717, 1.165) is 54.9 Å². The first kappa shape index (κ1) is 28.0. The van der Waals surface area contributed by atoms with E-state index in [0.29, 0.717) is 0 Å². The van der Waals surface area contributed by atoms with Crippen LogP contribution in [0.5, 0.6) is 0 Å². The van der Waals surface area contributed by atoms with Crippen LogP contribution in [-0.2, 0) is 20.4 Å². The summed E-state index contributed by atoms with van der Waals surface area (Å²) in [5.74, 6) is 6.77. The number of para-hydroxylation sites is 2. The van der Waals surface area contributed by atoms with E-state index in [-0.39, 0.29) is 20.4 Å². The van der Waals surface area contributed by atoms with Crippen LogP contribution >= 0.6 is 0 Å². The topological polar surface area (TPSA) is 24.7 Å². The summed E-state index contributed by atoms with van der Waals surface area (Å²) in [7, 11) is 0. The molecule has 0 atom stereocenters. The zero-order chi connectivity index (χ0) is 22.0. The Hall–Kier alpha value is -2.00. The van der Waals surface area contributed by atoms with Crippen molar-refractivity contribution in [2.75, 3.05) is 0 Å². The first-order valence-corrected chi connectivity index (χ1v) is 12.1. The molecular weight excluding hydrogens is 483 g/mol. The van der Waals surface area contributed by atoms with E-state index in [1.807, 2.05) is 60.7 Å². The third-order valence-corrected chi connectivity index (χ3v) is 5.17. The van der Waals surface area contributed by atoms with E-state index in [1.54, 1.807) is 0 Å². The summed E-state index contributed by atoms with van der Waals surface area (Å²) in [4.78, 5) is 9.82. The fourth-order valence-electron chi connectivity index (χ4n) is 3.34. The van der Waals surface area contributed by atoms with Gasteiger partial charge in [-0.25, -0.2) is 4.99 Å². The summed E-state index contributed by atoms with van der Waals surface area (Å²) in [6, 6.07) is 20.2. The Morgan fingerprint density at radius 3 is 1.78 bits per heavy atom. The molecule has 0 aliphatic heterocycles. The SMILES string of the molecule is CCCCCCCCCC#CC(=Nc1ccccc1)C(CCCC)=Nc1ccccc1.[Pd]. The molecule has 0 N–H and O–H groups in total. The van der Waals surface area contributed by atoms with Crippen molar-refractivity contribution in [2.24, 2.45) is 9.98 Å². The molecule has 32 heavy (non-hydrogen) atoms. The van der Waals surface area contributed by atoms with Crippen LogP contribution in [0.25, 0.3) is 0 Å². The molecule has 174 valence electrons. The number of nitrogens with zero attached hydrogens (tertiary/aromatic N) is 2. The summed E-state index contributed by atoms with van der Waals surface area (Å²) in [5, 5.41) is 0. The summed E-state index contributed by atoms with van der Waals surface area (Å²) < 4.78 is 0. The van der Waals surface area contributed by atoms with Crippen molar-refractivity contribution in [1.29, 1.82) is 0 Å². The first-order chi connectivity index (χ1) is 15.3. The molecule has 0 saturated carbocycles. The molecule has 2 aromatic carbocycles. The van der Waals surface area contributed by atoms with Crippen LogP contribution in [-0.4, -0.2) is 11.4 Å². The van der Waals surface area contributed by atoms with E-state index < -0.39 is 0 Å². The minimum absolute atomic E-state index is 0. The third-order valence-electron chi connectivity index (χ3n) is 5.17. The van der Waals surface area contributed by atoms with Gasteiger partial charge in [-0.3, -0.25) is 4.99 Å². The van der Waals surface area contributed by atoms with E-state index in [2.05, 4.69) is 25.7 Å². The average molecular weight is 521 g/mol. The summed E-state index contributed by atoms with van der Waals surface area (Å²) in [5.41, 5.74) is 3.69. The Balaban J connectivity index is 0.00000512. The van der Waals surface area contributed by atoms with E-state index in [4.69, 9.17) is 9.98 Å². The molecule has 3 heteroatoms. The summed E-state index contributed by atoms with van der Waals surface area (Å²) in [6.07, 6.45) is 13.2. The predicted molar refractivity (Wildman–Crippen MR) is 137 cm³/mol. The summed E-state index contributed by atoms with van der Waals surface area (Å²) in [6.45, 7) is 4.47. The fraction of sp³-hybridized carbons (Fsp3) is 0.448. The second kappa shape index (κ2) is 18.6. The molecule has 0 unspecified atom stereocenters. The van der Waals surface area contributed by atoms with Gasteiger partial charge in [-0.2, -0.15) is 0 Å². The van der Waals surface area contributed by atoms with Crippen LogP contribution < -0.4 is 0 Å². The number of hydrogen-bond donors (Lipinski definition) is 0. The number of benzene rings is 2. The Labute approximate surface area is 209 Å². The Morgan fingerprint density at radius 1 is 0.656 bits per heavy atom. The van der Waals surface area contributed by atoms with Gasteiger partial charge >= 0.3 is 0 Å². The zero-order valence-corrected chi connectivity index (χ0v) is 21.3. The van der Waals surface area contributed by atoms with Crippen molar-refractivity contribution in [3.63, 3.8) is 0 Å². The average Bonchev–Trinajstić information content (AvgIpc) is 2.81. The number of aliphatic imine (C=N–C) groups is 2. The van der Waals surface area contributed by atoms with Crippen molar-refractivity contribution in [3.8, 4) is 11.8 Å². The number of rotatable bonds is 13. The zero-order valence-electron chi connectivity index (χ0n) is 19.8. The van der Waals surface area contributed by atoms with Crippen molar-refractivity contribution in [1.82, 2.24) is 0 Å². The van der Waals surface area contributed by atoms with Gasteiger partial charge in [0.1, 0.15) is 5.71 Å². The molecule has 2 rings (SSSR count). The molecule has 0 aliphatic carbocycles. The molecule has 0 bridgehead atoms. The number of unbranched alkanes of at least 4 members (excludes halogenated alkanes) is 8. The molecule has 0 aliphatic rings.